The van der Waals surface area contributed by atoms with Crippen molar-refractivity contribution in [3.05, 3.63) is 64.6 Å². The van der Waals surface area contributed by atoms with E-state index in [1.165, 1.54) is 15.7 Å². The molecule has 2 aromatic rings. The Hall–Kier alpha value is -2.88. The third-order valence-electron chi connectivity index (χ3n) is 5.19. The van der Waals surface area contributed by atoms with Gasteiger partial charge in [0.2, 0.25) is 0 Å². The molecule has 0 bridgehead atoms. The molecule has 0 amide bonds. The summed E-state index contributed by atoms with van der Waals surface area (Å²) in [4.78, 5) is 29.9. The lowest BCUT2D eigenvalue weighted by Crippen LogP contribution is -2.47. The van der Waals surface area contributed by atoms with Gasteiger partial charge in [-0.15, -0.1) is 5.06 Å². The highest BCUT2D eigenvalue weighted by atomic mass is 16.8. The fraction of sp³-hybridized carbons (Fsp3) is 0.520. The van der Waals surface area contributed by atoms with Crippen LogP contribution in [-0.4, -0.2) is 58.9 Å². The molecule has 1 aromatic heterocycles. The predicted molar refractivity (Wildman–Crippen MR) is 125 cm³/mol. The van der Waals surface area contributed by atoms with Crippen molar-refractivity contribution in [1.29, 1.82) is 0 Å². The summed E-state index contributed by atoms with van der Waals surface area (Å²) in [5, 5.41) is 11.9. The molecule has 186 valence electrons. The minimum absolute atomic E-state index is 0.166. The number of carbonyl (C=O) groups is 1. The maximum atomic E-state index is 12.7. The number of aliphatic hydroxyl groups excluding tert-OH is 1. The third kappa shape index (κ3) is 8.16. The van der Waals surface area contributed by atoms with Gasteiger partial charge < -0.3 is 28.7 Å². The molecule has 3 rings (SSSR count). The lowest BCUT2D eigenvalue weighted by atomic mass is 10.0. The maximum Gasteiger partial charge on any atom is 0.528 e. The minimum Gasteiger partial charge on any atom is -0.493 e. The van der Waals surface area contributed by atoms with Gasteiger partial charge >= 0.3 is 6.16 Å². The van der Waals surface area contributed by atoms with Gasteiger partial charge in [0.25, 0.3) is 5.56 Å². The van der Waals surface area contributed by atoms with Crippen LogP contribution in [0.25, 0.3) is 0 Å². The molecule has 1 aliphatic heterocycles. The summed E-state index contributed by atoms with van der Waals surface area (Å²) in [5.74, 6) is 0.455. The van der Waals surface area contributed by atoms with Crippen molar-refractivity contribution >= 4 is 6.16 Å². The summed E-state index contributed by atoms with van der Waals surface area (Å²) in [6.07, 6.45) is 1.07. The van der Waals surface area contributed by atoms with Gasteiger partial charge in [-0.1, -0.05) is 30.3 Å². The van der Waals surface area contributed by atoms with E-state index in [0.717, 1.165) is 5.56 Å². The summed E-state index contributed by atoms with van der Waals surface area (Å²) >= 11 is 0. The van der Waals surface area contributed by atoms with Gasteiger partial charge in [0.15, 0.2) is 0 Å². The summed E-state index contributed by atoms with van der Waals surface area (Å²) in [6, 6.07) is 12.5. The number of carbonyl (C=O) groups excluding carboxylic acids is 1. The highest BCUT2D eigenvalue weighted by Crippen LogP contribution is 2.23. The van der Waals surface area contributed by atoms with Gasteiger partial charge in [-0.05, 0) is 38.8 Å². The number of hydroxylamine groups is 2. The minimum atomic E-state index is -0.813. The van der Waals surface area contributed by atoms with Gasteiger partial charge in [-0.3, -0.25) is 4.79 Å². The number of aromatic nitrogens is 1. The molecule has 1 fully saturated rings. The Morgan fingerprint density at radius 1 is 1.15 bits per heavy atom. The van der Waals surface area contributed by atoms with E-state index >= 15 is 0 Å². The van der Waals surface area contributed by atoms with E-state index < -0.39 is 23.9 Å². The number of hydrogen-bond acceptors (Lipinski definition) is 8. The van der Waals surface area contributed by atoms with Crippen molar-refractivity contribution in [1.82, 2.24) is 9.63 Å². The second-order valence-corrected chi connectivity index (χ2v) is 9.22. The number of ether oxygens (including phenoxy) is 3. The van der Waals surface area contributed by atoms with E-state index in [9.17, 15) is 14.7 Å². The molecule has 2 unspecified atom stereocenters. The SMILES string of the molecule is CC(C)(C)OC(=O)ON1CCC(O)C(n2ccc(OCCCOCc3ccccc3)cc2=O)C1. The number of piperidine rings is 1. The Bertz CT molecular complexity index is 971. The van der Waals surface area contributed by atoms with Crippen LogP contribution in [0.15, 0.2) is 53.5 Å². The van der Waals surface area contributed by atoms with E-state index in [1.807, 2.05) is 30.3 Å². The van der Waals surface area contributed by atoms with Crippen LogP contribution in [0, 0.1) is 0 Å². The molecule has 0 saturated carbocycles. The first-order chi connectivity index (χ1) is 16.2. The summed E-state index contributed by atoms with van der Waals surface area (Å²) in [6.45, 7) is 7.27. The Balaban J connectivity index is 1.47. The number of hydrogen-bond donors (Lipinski definition) is 1. The molecular formula is C25H34N2O7. The van der Waals surface area contributed by atoms with Crippen LogP contribution in [0.3, 0.4) is 0 Å². The van der Waals surface area contributed by atoms with E-state index in [1.54, 1.807) is 33.0 Å². The van der Waals surface area contributed by atoms with Crippen LogP contribution >= 0.6 is 0 Å². The first kappa shape index (κ1) is 25.7. The quantitative estimate of drug-likeness (QED) is 0.437. The van der Waals surface area contributed by atoms with Crippen molar-refractivity contribution in [2.24, 2.45) is 0 Å². The summed E-state index contributed by atoms with van der Waals surface area (Å²) in [5.41, 5.74) is 0.139. The molecule has 0 aliphatic carbocycles. The molecule has 9 heteroatoms. The molecule has 2 heterocycles. The number of rotatable bonds is 9. The van der Waals surface area contributed by atoms with Crippen molar-refractivity contribution in [2.75, 3.05) is 26.3 Å². The van der Waals surface area contributed by atoms with Crippen molar-refractivity contribution in [3.8, 4) is 5.75 Å². The molecule has 2 atom stereocenters. The Morgan fingerprint density at radius 3 is 2.62 bits per heavy atom. The molecule has 0 radical (unpaired) electrons. The van der Waals surface area contributed by atoms with Crippen LogP contribution in [0.2, 0.25) is 0 Å². The molecule has 1 N–H and O–H groups in total. The average molecular weight is 475 g/mol. The number of aliphatic hydroxyl groups is 1. The van der Waals surface area contributed by atoms with Gasteiger partial charge in [-0.25, -0.2) is 4.79 Å². The Kier molecular flexibility index (Phi) is 9.09. The standard InChI is InChI=1S/C25H34N2O7/c1-25(2,3)33-24(30)34-26-12-11-22(28)21(17-26)27-13-10-20(16-23(27)29)32-15-7-14-31-18-19-8-5-4-6-9-19/h4-6,8-10,13,16,21-22,28H,7,11-12,14-15,17-18H2,1-3H3. The van der Waals surface area contributed by atoms with Gasteiger partial charge in [-0.2, -0.15) is 0 Å². The topological polar surface area (TPSA) is 99.5 Å². The number of pyridine rings is 1. The predicted octanol–water partition coefficient (Wildman–Crippen LogP) is 3.31. The van der Waals surface area contributed by atoms with Crippen molar-refractivity contribution in [2.45, 2.75) is 58.0 Å². The van der Waals surface area contributed by atoms with Crippen LogP contribution in [0.4, 0.5) is 4.79 Å². The second-order valence-electron chi connectivity index (χ2n) is 9.22. The molecule has 1 saturated heterocycles. The monoisotopic (exact) mass is 474 g/mol. The molecule has 0 spiro atoms. The highest BCUT2D eigenvalue weighted by Gasteiger charge is 2.32. The smallest absolute Gasteiger partial charge is 0.493 e. The first-order valence-corrected chi connectivity index (χ1v) is 11.5. The third-order valence-corrected chi connectivity index (χ3v) is 5.19. The lowest BCUT2D eigenvalue weighted by Gasteiger charge is -2.35. The maximum absolute atomic E-state index is 12.7. The molecule has 9 nitrogen and oxygen atoms in total. The van der Waals surface area contributed by atoms with E-state index in [4.69, 9.17) is 19.0 Å². The van der Waals surface area contributed by atoms with E-state index in [0.29, 0.717) is 45.0 Å². The first-order valence-electron chi connectivity index (χ1n) is 11.5. The molecule has 1 aliphatic rings. The van der Waals surface area contributed by atoms with Crippen LogP contribution < -0.4 is 10.3 Å². The zero-order chi connectivity index (χ0) is 24.6. The van der Waals surface area contributed by atoms with E-state index in [2.05, 4.69) is 0 Å². The van der Waals surface area contributed by atoms with Crippen LogP contribution in [0.5, 0.6) is 5.75 Å². The molecule has 1 aromatic carbocycles. The number of benzene rings is 1. The zero-order valence-corrected chi connectivity index (χ0v) is 20.0. The largest absolute Gasteiger partial charge is 0.528 e. The fourth-order valence-electron chi connectivity index (χ4n) is 3.57. The van der Waals surface area contributed by atoms with Gasteiger partial charge in [0.1, 0.15) is 11.4 Å². The van der Waals surface area contributed by atoms with Gasteiger partial charge in [0.05, 0.1) is 38.5 Å². The highest BCUT2D eigenvalue weighted by molar-refractivity contribution is 5.60. The zero-order valence-electron chi connectivity index (χ0n) is 20.0. The molecule has 34 heavy (non-hydrogen) atoms. The normalized spacial score (nSPS) is 18.9. The Labute approximate surface area is 199 Å². The van der Waals surface area contributed by atoms with Gasteiger partial charge in [0, 0.05) is 25.2 Å². The van der Waals surface area contributed by atoms with Crippen molar-refractivity contribution < 1.29 is 28.9 Å². The van der Waals surface area contributed by atoms with Crippen LogP contribution in [-0.2, 0) is 20.9 Å². The average Bonchev–Trinajstić information content (AvgIpc) is 2.77. The number of nitrogens with zero attached hydrogens (tertiary/aromatic N) is 2. The lowest BCUT2D eigenvalue weighted by molar-refractivity contribution is -0.171. The second kappa shape index (κ2) is 12.0. The van der Waals surface area contributed by atoms with E-state index in [-0.39, 0.29) is 12.1 Å². The summed E-state index contributed by atoms with van der Waals surface area (Å²) < 4.78 is 17.9. The molecular weight excluding hydrogens is 440 g/mol. The van der Waals surface area contributed by atoms with Crippen LogP contribution in [0.1, 0.15) is 45.2 Å². The fourth-order valence-corrected chi connectivity index (χ4v) is 3.57. The summed E-state index contributed by atoms with van der Waals surface area (Å²) in [7, 11) is 0. The van der Waals surface area contributed by atoms with Crippen molar-refractivity contribution in [3.63, 3.8) is 0 Å². The Morgan fingerprint density at radius 2 is 1.91 bits per heavy atom.